The molecule has 0 aliphatic carbocycles. The lowest BCUT2D eigenvalue weighted by molar-refractivity contribution is 0.179. The van der Waals surface area contributed by atoms with Crippen LogP contribution in [-0.2, 0) is 6.54 Å². The third-order valence-corrected chi connectivity index (χ3v) is 4.99. The summed E-state index contributed by atoms with van der Waals surface area (Å²) in [6.45, 7) is 9.97. The predicted octanol–water partition coefficient (Wildman–Crippen LogP) is 3.40. The van der Waals surface area contributed by atoms with E-state index in [9.17, 15) is 0 Å². The maximum Gasteiger partial charge on any atom is 0.190 e. The van der Waals surface area contributed by atoms with Crippen molar-refractivity contribution in [3.63, 3.8) is 0 Å². The lowest BCUT2D eigenvalue weighted by Crippen LogP contribution is -2.43. The van der Waals surface area contributed by atoms with Crippen molar-refractivity contribution in [2.24, 2.45) is 16.8 Å². The average Bonchev–Trinajstić information content (AvgIpc) is 3.02. The largest absolute Gasteiger partial charge is 0.356 e. The van der Waals surface area contributed by atoms with Gasteiger partial charge in [0.25, 0.3) is 0 Å². The number of hydrogen-bond acceptors (Lipinski definition) is 3. The van der Waals surface area contributed by atoms with Gasteiger partial charge in [-0.3, -0.25) is 9.89 Å². The minimum absolute atomic E-state index is 0. The van der Waals surface area contributed by atoms with E-state index >= 15 is 0 Å². The molecule has 0 saturated carbocycles. The molecule has 4 nitrogen and oxygen atoms in total. The van der Waals surface area contributed by atoms with Crippen LogP contribution in [0.3, 0.4) is 0 Å². The first-order valence-electron chi connectivity index (χ1n) is 8.36. The highest BCUT2D eigenvalue weighted by Crippen LogP contribution is 2.20. The highest BCUT2D eigenvalue weighted by Gasteiger charge is 2.19. The predicted molar refractivity (Wildman–Crippen MR) is 112 cm³/mol. The quantitative estimate of drug-likeness (QED) is 0.397. The second-order valence-electron chi connectivity index (χ2n) is 6.53. The van der Waals surface area contributed by atoms with Gasteiger partial charge in [0.2, 0.25) is 0 Å². The molecule has 1 aliphatic rings. The first kappa shape index (κ1) is 20.7. The standard InChI is InChI=1S/C17H30N4S.HI/c1-14(2)11-19-17(18-3)20-12-15-6-8-21(9-7-15)13-16-5-4-10-22-16;/h4-5,10,14-15H,6-9,11-13H2,1-3H3,(H2,18,19,20);1H. The van der Waals surface area contributed by atoms with Crippen LogP contribution < -0.4 is 10.6 Å². The first-order chi connectivity index (χ1) is 10.7. The molecular weight excluding hydrogens is 419 g/mol. The van der Waals surface area contributed by atoms with E-state index in [1.165, 1.54) is 30.8 Å². The van der Waals surface area contributed by atoms with E-state index < -0.39 is 0 Å². The molecule has 1 fully saturated rings. The molecule has 0 radical (unpaired) electrons. The zero-order valence-electron chi connectivity index (χ0n) is 14.5. The third kappa shape index (κ3) is 7.85. The van der Waals surface area contributed by atoms with Crippen molar-refractivity contribution in [2.75, 3.05) is 33.2 Å². The van der Waals surface area contributed by atoms with Gasteiger partial charge in [-0.1, -0.05) is 19.9 Å². The smallest absolute Gasteiger partial charge is 0.190 e. The van der Waals surface area contributed by atoms with Gasteiger partial charge < -0.3 is 10.6 Å². The highest BCUT2D eigenvalue weighted by atomic mass is 127. The molecule has 132 valence electrons. The van der Waals surface area contributed by atoms with Crippen LogP contribution in [0.15, 0.2) is 22.5 Å². The Morgan fingerprint density at radius 1 is 1.35 bits per heavy atom. The first-order valence-corrected chi connectivity index (χ1v) is 9.24. The number of piperidine rings is 1. The maximum atomic E-state index is 4.29. The second-order valence-corrected chi connectivity index (χ2v) is 7.56. The Hall–Kier alpha value is -0.340. The zero-order chi connectivity index (χ0) is 15.8. The van der Waals surface area contributed by atoms with Crippen LogP contribution in [0, 0.1) is 11.8 Å². The van der Waals surface area contributed by atoms with E-state index in [1.807, 2.05) is 18.4 Å². The number of nitrogens with one attached hydrogen (secondary N) is 2. The van der Waals surface area contributed by atoms with Crippen molar-refractivity contribution in [3.8, 4) is 0 Å². The Bertz CT molecular complexity index is 439. The fraction of sp³-hybridized carbons (Fsp3) is 0.706. The summed E-state index contributed by atoms with van der Waals surface area (Å²) in [4.78, 5) is 8.35. The molecule has 0 aromatic carbocycles. The fourth-order valence-electron chi connectivity index (χ4n) is 2.73. The average molecular weight is 450 g/mol. The van der Waals surface area contributed by atoms with E-state index in [0.717, 1.165) is 31.5 Å². The van der Waals surface area contributed by atoms with Crippen LogP contribution in [-0.4, -0.2) is 44.1 Å². The van der Waals surface area contributed by atoms with E-state index in [1.54, 1.807) is 0 Å². The molecule has 1 saturated heterocycles. The van der Waals surface area contributed by atoms with Crippen LogP contribution in [0.25, 0.3) is 0 Å². The lowest BCUT2D eigenvalue weighted by Gasteiger charge is -2.32. The van der Waals surface area contributed by atoms with Gasteiger partial charge >= 0.3 is 0 Å². The maximum absolute atomic E-state index is 4.29. The van der Waals surface area contributed by atoms with Gasteiger partial charge in [-0.2, -0.15) is 0 Å². The zero-order valence-corrected chi connectivity index (χ0v) is 17.7. The summed E-state index contributed by atoms with van der Waals surface area (Å²) in [6.07, 6.45) is 2.55. The number of nitrogens with zero attached hydrogens (tertiary/aromatic N) is 2. The van der Waals surface area contributed by atoms with Crippen molar-refractivity contribution in [2.45, 2.75) is 33.2 Å². The number of halogens is 1. The Morgan fingerprint density at radius 3 is 2.65 bits per heavy atom. The molecule has 0 unspecified atom stereocenters. The molecule has 1 aromatic rings. The van der Waals surface area contributed by atoms with Crippen molar-refractivity contribution in [1.82, 2.24) is 15.5 Å². The van der Waals surface area contributed by atoms with Gasteiger partial charge in [0.15, 0.2) is 5.96 Å². The summed E-state index contributed by atoms with van der Waals surface area (Å²) in [7, 11) is 1.85. The summed E-state index contributed by atoms with van der Waals surface area (Å²) in [5.41, 5.74) is 0. The van der Waals surface area contributed by atoms with Crippen molar-refractivity contribution in [1.29, 1.82) is 0 Å². The molecule has 0 spiro atoms. The molecular formula is C17H31IN4S. The van der Waals surface area contributed by atoms with Crippen LogP contribution >= 0.6 is 35.3 Å². The van der Waals surface area contributed by atoms with Gasteiger partial charge in [0, 0.05) is 31.6 Å². The lowest BCUT2D eigenvalue weighted by atomic mass is 9.97. The van der Waals surface area contributed by atoms with Crippen molar-refractivity contribution in [3.05, 3.63) is 22.4 Å². The topological polar surface area (TPSA) is 39.7 Å². The van der Waals surface area contributed by atoms with E-state index in [4.69, 9.17) is 0 Å². The molecule has 23 heavy (non-hydrogen) atoms. The number of guanidine groups is 1. The molecule has 0 amide bonds. The molecule has 2 heterocycles. The summed E-state index contributed by atoms with van der Waals surface area (Å²) in [5.74, 6) is 2.34. The normalized spacial score (nSPS) is 17.1. The monoisotopic (exact) mass is 450 g/mol. The highest BCUT2D eigenvalue weighted by molar-refractivity contribution is 14.0. The Kier molecular flexibility index (Phi) is 10.1. The third-order valence-electron chi connectivity index (χ3n) is 4.13. The molecule has 6 heteroatoms. The Balaban J connectivity index is 0.00000264. The van der Waals surface area contributed by atoms with Gasteiger partial charge in [-0.15, -0.1) is 35.3 Å². The van der Waals surface area contributed by atoms with Gasteiger partial charge in [0.1, 0.15) is 0 Å². The van der Waals surface area contributed by atoms with Gasteiger partial charge in [-0.25, -0.2) is 0 Å². The second kappa shape index (κ2) is 11.3. The number of rotatable bonds is 6. The molecule has 1 aliphatic heterocycles. The minimum atomic E-state index is 0. The number of aliphatic imine (C=N–C) groups is 1. The van der Waals surface area contributed by atoms with Crippen LogP contribution in [0.2, 0.25) is 0 Å². The molecule has 1 aromatic heterocycles. The number of likely N-dealkylation sites (tertiary alicyclic amines) is 1. The van der Waals surface area contributed by atoms with Crippen LogP contribution in [0.1, 0.15) is 31.6 Å². The molecule has 2 N–H and O–H groups in total. The van der Waals surface area contributed by atoms with E-state index in [2.05, 4.69) is 51.9 Å². The van der Waals surface area contributed by atoms with Gasteiger partial charge in [-0.05, 0) is 49.2 Å². The molecule has 2 rings (SSSR count). The van der Waals surface area contributed by atoms with Crippen molar-refractivity contribution >= 4 is 41.3 Å². The van der Waals surface area contributed by atoms with Crippen molar-refractivity contribution < 1.29 is 0 Å². The Labute approximate surface area is 162 Å². The number of thiophene rings is 1. The fourth-order valence-corrected chi connectivity index (χ4v) is 3.48. The summed E-state index contributed by atoms with van der Waals surface area (Å²) >= 11 is 1.86. The summed E-state index contributed by atoms with van der Waals surface area (Å²) < 4.78 is 0. The SMILES string of the molecule is CN=C(NCC(C)C)NCC1CCN(Cc2cccs2)CC1.I. The Morgan fingerprint density at radius 2 is 2.09 bits per heavy atom. The molecule has 0 bridgehead atoms. The minimum Gasteiger partial charge on any atom is -0.356 e. The van der Waals surface area contributed by atoms with E-state index in [0.29, 0.717) is 5.92 Å². The molecule has 0 atom stereocenters. The van der Waals surface area contributed by atoms with Gasteiger partial charge in [0.05, 0.1) is 0 Å². The van der Waals surface area contributed by atoms with E-state index in [-0.39, 0.29) is 24.0 Å². The number of hydrogen-bond donors (Lipinski definition) is 2. The summed E-state index contributed by atoms with van der Waals surface area (Å²) in [5, 5.41) is 9.02. The van der Waals surface area contributed by atoms with Crippen LogP contribution in [0.5, 0.6) is 0 Å². The van der Waals surface area contributed by atoms with Crippen LogP contribution in [0.4, 0.5) is 0 Å². The summed E-state index contributed by atoms with van der Waals surface area (Å²) in [6, 6.07) is 4.38.